The zero-order chi connectivity index (χ0) is 16.8. The van der Waals surface area contributed by atoms with E-state index in [0.717, 1.165) is 16.7 Å². The average molecular weight is 333 g/mol. The Balaban J connectivity index is 1.96. The van der Waals surface area contributed by atoms with E-state index in [9.17, 15) is 5.11 Å². The minimum absolute atomic E-state index is 0.312. The molecule has 1 unspecified atom stereocenters. The Bertz CT molecular complexity index is 830. The number of hydrogen-bond donors (Lipinski definition) is 1. The molecule has 0 amide bonds. The van der Waals surface area contributed by atoms with Crippen LogP contribution in [0.2, 0.25) is 5.02 Å². The van der Waals surface area contributed by atoms with Crippen LogP contribution in [-0.2, 0) is 0 Å². The van der Waals surface area contributed by atoms with Crippen molar-refractivity contribution in [2.24, 2.45) is 0 Å². The zero-order valence-electron chi connectivity index (χ0n) is 13.1. The molecule has 1 nitrogen and oxygen atoms in total. The van der Waals surface area contributed by atoms with Crippen molar-refractivity contribution in [2.75, 3.05) is 0 Å². The van der Waals surface area contributed by atoms with Crippen molar-refractivity contribution in [3.05, 3.63) is 107 Å². The van der Waals surface area contributed by atoms with Crippen molar-refractivity contribution in [3.8, 4) is 11.8 Å². The van der Waals surface area contributed by atoms with E-state index in [-0.39, 0.29) is 5.92 Å². The molecule has 2 atom stereocenters. The largest absolute Gasteiger partial charge is 0.387 e. The summed E-state index contributed by atoms with van der Waals surface area (Å²) in [5.41, 5.74) is 2.72. The molecule has 1 N–H and O–H groups in total. The quantitative estimate of drug-likeness (QED) is 0.653. The number of aliphatic hydroxyl groups excluding tert-OH is 1. The van der Waals surface area contributed by atoms with E-state index in [1.165, 1.54) is 0 Å². The number of benzene rings is 3. The Morgan fingerprint density at radius 3 is 1.92 bits per heavy atom. The standard InChI is InChI=1S/C22H17ClO/c23-20-14-12-19(13-15-20)22(24)21(18-9-5-2-6-10-18)16-11-17-7-3-1-4-8-17/h1-10,12-15,21-22,24H/t21?,22-/m0/s1. The molecule has 3 aromatic rings. The van der Waals surface area contributed by atoms with Gasteiger partial charge in [-0.15, -0.1) is 0 Å². The highest BCUT2D eigenvalue weighted by molar-refractivity contribution is 6.30. The van der Waals surface area contributed by atoms with E-state index >= 15 is 0 Å². The summed E-state index contributed by atoms with van der Waals surface area (Å²) in [5.74, 6) is 6.09. The molecule has 0 aliphatic carbocycles. The molecule has 24 heavy (non-hydrogen) atoms. The molecule has 0 radical (unpaired) electrons. The van der Waals surface area contributed by atoms with E-state index in [2.05, 4.69) is 11.8 Å². The van der Waals surface area contributed by atoms with Gasteiger partial charge in [-0.05, 0) is 35.4 Å². The molecular weight excluding hydrogens is 316 g/mol. The van der Waals surface area contributed by atoms with Gasteiger partial charge in [-0.2, -0.15) is 0 Å². The lowest BCUT2D eigenvalue weighted by Crippen LogP contribution is -2.09. The van der Waals surface area contributed by atoms with Gasteiger partial charge in [-0.1, -0.05) is 84.1 Å². The minimum atomic E-state index is -0.721. The van der Waals surface area contributed by atoms with Gasteiger partial charge in [-0.3, -0.25) is 0 Å². The van der Waals surface area contributed by atoms with Crippen LogP contribution in [0.4, 0.5) is 0 Å². The third kappa shape index (κ3) is 4.06. The van der Waals surface area contributed by atoms with Crippen LogP contribution in [0.3, 0.4) is 0 Å². The topological polar surface area (TPSA) is 20.2 Å². The van der Waals surface area contributed by atoms with Crippen molar-refractivity contribution in [1.29, 1.82) is 0 Å². The van der Waals surface area contributed by atoms with Crippen LogP contribution < -0.4 is 0 Å². The second-order valence-electron chi connectivity index (χ2n) is 5.52. The fourth-order valence-corrected chi connectivity index (χ4v) is 2.67. The highest BCUT2D eigenvalue weighted by Gasteiger charge is 2.20. The highest BCUT2D eigenvalue weighted by Crippen LogP contribution is 2.31. The van der Waals surface area contributed by atoms with Gasteiger partial charge in [0.15, 0.2) is 0 Å². The summed E-state index contributed by atoms with van der Waals surface area (Å²) in [7, 11) is 0. The van der Waals surface area contributed by atoms with Crippen molar-refractivity contribution in [3.63, 3.8) is 0 Å². The molecule has 3 rings (SSSR count). The third-order valence-electron chi connectivity index (χ3n) is 3.83. The molecule has 0 aliphatic rings. The fourth-order valence-electron chi connectivity index (χ4n) is 2.54. The first-order valence-electron chi connectivity index (χ1n) is 7.79. The predicted molar refractivity (Wildman–Crippen MR) is 98.9 cm³/mol. The molecule has 0 heterocycles. The molecular formula is C22H17ClO. The van der Waals surface area contributed by atoms with Crippen LogP contribution in [0.1, 0.15) is 28.7 Å². The molecule has 0 bridgehead atoms. The van der Waals surface area contributed by atoms with Crippen molar-refractivity contribution < 1.29 is 5.11 Å². The molecule has 2 heteroatoms. The number of aliphatic hydroxyl groups is 1. The Morgan fingerprint density at radius 2 is 1.29 bits per heavy atom. The van der Waals surface area contributed by atoms with Gasteiger partial charge >= 0.3 is 0 Å². The van der Waals surface area contributed by atoms with Gasteiger partial charge in [0.2, 0.25) is 0 Å². The maximum absolute atomic E-state index is 10.9. The van der Waals surface area contributed by atoms with Crippen LogP contribution in [0.5, 0.6) is 0 Å². The van der Waals surface area contributed by atoms with Crippen molar-refractivity contribution in [1.82, 2.24) is 0 Å². The molecule has 3 aromatic carbocycles. The zero-order valence-corrected chi connectivity index (χ0v) is 13.8. The lowest BCUT2D eigenvalue weighted by molar-refractivity contribution is 0.165. The summed E-state index contributed by atoms with van der Waals surface area (Å²) in [5, 5.41) is 11.5. The number of rotatable bonds is 3. The summed E-state index contributed by atoms with van der Waals surface area (Å²) < 4.78 is 0. The lowest BCUT2D eigenvalue weighted by Gasteiger charge is -2.19. The van der Waals surface area contributed by atoms with Crippen LogP contribution in [0.25, 0.3) is 0 Å². The number of halogens is 1. The summed E-state index contributed by atoms with van der Waals surface area (Å²) in [6.07, 6.45) is -0.721. The number of hydrogen-bond acceptors (Lipinski definition) is 1. The highest BCUT2D eigenvalue weighted by atomic mass is 35.5. The molecule has 0 aliphatic heterocycles. The van der Waals surface area contributed by atoms with E-state index in [1.54, 1.807) is 12.1 Å². The van der Waals surface area contributed by atoms with E-state index in [1.807, 2.05) is 72.8 Å². The second-order valence-corrected chi connectivity index (χ2v) is 5.96. The van der Waals surface area contributed by atoms with Gasteiger partial charge in [-0.25, -0.2) is 0 Å². The first kappa shape index (κ1) is 16.3. The Labute approximate surface area is 147 Å². The molecule has 0 saturated heterocycles. The first-order valence-corrected chi connectivity index (χ1v) is 8.17. The van der Waals surface area contributed by atoms with Crippen LogP contribution in [0.15, 0.2) is 84.9 Å². The molecule has 0 saturated carbocycles. The van der Waals surface area contributed by atoms with Gasteiger partial charge in [0.1, 0.15) is 0 Å². The summed E-state index contributed by atoms with van der Waals surface area (Å²) >= 11 is 5.94. The van der Waals surface area contributed by atoms with Gasteiger partial charge in [0, 0.05) is 10.6 Å². The minimum Gasteiger partial charge on any atom is -0.387 e. The third-order valence-corrected chi connectivity index (χ3v) is 4.08. The van der Waals surface area contributed by atoms with Crippen LogP contribution >= 0.6 is 11.6 Å². The molecule has 0 fully saturated rings. The summed E-state index contributed by atoms with van der Waals surface area (Å²) in [4.78, 5) is 0. The van der Waals surface area contributed by atoms with Gasteiger partial charge in [0.25, 0.3) is 0 Å². The van der Waals surface area contributed by atoms with Crippen molar-refractivity contribution >= 4 is 11.6 Å². The SMILES string of the molecule is O[C@@H](c1ccc(Cl)cc1)C(C#Cc1ccccc1)c1ccccc1. The average Bonchev–Trinajstić information content (AvgIpc) is 2.64. The summed E-state index contributed by atoms with van der Waals surface area (Å²) in [6, 6.07) is 26.9. The predicted octanol–water partition coefficient (Wildman–Crippen LogP) is 5.21. The maximum Gasteiger partial charge on any atom is 0.0968 e. The maximum atomic E-state index is 10.9. The summed E-state index contributed by atoms with van der Waals surface area (Å²) in [6.45, 7) is 0. The van der Waals surface area contributed by atoms with Gasteiger partial charge in [0.05, 0.1) is 12.0 Å². The first-order chi connectivity index (χ1) is 11.7. The van der Waals surface area contributed by atoms with Crippen molar-refractivity contribution in [2.45, 2.75) is 12.0 Å². The molecule has 0 spiro atoms. The second kappa shape index (κ2) is 7.84. The Morgan fingerprint density at radius 1 is 0.708 bits per heavy atom. The Kier molecular flexibility index (Phi) is 5.33. The van der Waals surface area contributed by atoms with E-state index in [4.69, 9.17) is 11.6 Å². The molecule has 0 aromatic heterocycles. The van der Waals surface area contributed by atoms with Crippen LogP contribution in [0, 0.1) is 11.8 Å². The van der Waals surface area contributed by atoms with Crippen LogP contribution in [-0.4, -0.2) is 5.11 Å². The van der Waals surface area contributed by atoms with E-state index < -0.39 is 6.10 Å². The van der Waals surface area contributed by atoms with E-state index in [0.29, 0.717) is 5.02 Å². The normalized spacial score (nSPS) is 12.8. The molecule has 118 valence electrons. The fraction of sp³-hybridized carbons (Fsp3) is 0.0909. The Hall–Kier alpha value is -2.53. The lowest BCUT2D eigenvalue weighted by atomic mass is 9.89. The monoisotopic (exact) mass is 332 g/mol. The smallest absolute Gasteiger partial charge is 0.0968 e. The van der Waals surface area contributed by atoms with Gasteiger partial charge < -0.3 is 5.11 Å².